The van der Waals surface area contributed by atoms with E-state index in [1.807, 2.05) is 0 Å². The highest BCUT2D eigenvalue weighted by Gasteiger charge is 2.63. The quantitative estimate of drug-likeness (QED) is 0.882. The first kappa shape index (κ1) is 12.5. The van der Waals surface area contributed by atoms with Gasteiger partial charge in [0.2, 0.25) is 0 Å². The van der Waals surface area contributed by atoms with Gasteiger partial charge in [-0.3, -0.25) is 5.32 Å². The normalized spacial score (nSPS) is 20.4. The lowest BCUT2D eigenvalue weighted by Gasteiger charge is -2.25. The van der Waals surface area contributed by atoms with Crippen LogP contribution in [0.3, 0.4) is 0 Å². The number of alkyl halides is 3. The second-order valence-corrected chi connectivity index (χ2v) is 4.81. The number of halogens is 3. The maximum absolute atomic E-state index is 12.8. The molecule has 1 aliphatic carbocycles. The lowest BCUT2D eigenvalue weighted by Crippen LogP contribution is -2.45. The number of hydrogen-bond donors (Lipinski definition) is 1. The summed E-state index contributed by atoms with van der Waals surface area (Å²) in [6.07, 6.45) is -3.85. The third-order valence-corrected chi connectivity index (χ3v) is 3.33. The van der Waals surface area contributed by atoms with Gasteiger partial charge in [-0.15, -0.1) is 0 Å². The first-order valence-electron chi connectivity index (χ1n) is 5.66. The molecule has 1 aromatic rings. The summed E-state index contributed by atoms with van der Waals surface area (Å²) >= 11 is 0. The van der Waals surface area contributed by atoms with Crippen molar-refractivity contribution in [2.45, 2.75) is 51.4 Å². The molecule has 1 heterocycles. The Hall–Kier alpha value is -0.970. The summed E-state index contributed by atoms with van der Waals surface area (Å²) in [5.41, 5.74) is -0.873. The van der Waals surface area contributed by atoms with Crippen LogP contribution in [0.25, 0.3) is 0 Å². The molecule has 1 aliphatic rings. The van der Waals surface area contributed by atoms with Gasteiger partial charge in [-0.1, -0.05) is 0 Å². The zero-order valence-corrected chi connectivity index (χ0v) is 10.1. The van der Waals surface area contributed by atoms with Gasteiger partial charge in [-0.2, -0.15) is 13.2 Å². The molecule has 2 nitrogen and oxygen atoms in total. The molecule has 17 heavy (non-hydrogen) atoms. The fourth-order valence-electron chi connectivity index (χ4n) is 2.21. The van der Waals surface area contributed by atoms with Crippen molar-refractivity contribution in [3.63, 3.8) is 0 Å². The van der Waals surface area contributed by atoms with Crippen molar-refractivity contribution < 1.29 is 17.6 Å². The molecule has 1 unspecified atom stereocenters. The van der Waals surface area contributed by atoms with E-state index in [1.54, 1.807) is 26.8 Å². The molecule has 1 fully saturated rings. The summed E-state index contributed by atoms with van der Waals surface area (Å²) in [5, 5.41) is 2.69. The molecule has 1 aromatic heterocycles. The Morgan fingerprint density at radius 1 is 1.35 bits per heavy atom. The molecule has 1 N–H and O–H groups in total. The molecule has 0 saturated heterocycles. The van der Waals surface area contributed by atoms with Crippen molar-refractivity contribution >= 4 is 0 Å². The Bertz CT molecular complexity index is 418. The SMILES string of the molecule is Cc1cc(C(C)NC2(C(F)(F)F)CC2)c(C)o1. The van der Waals surface area contributed by atoms with Crippen LogP contribution >= 0.6 is 0 Å². The van der Waals surface area contributed by atoms with Crippen LogP contribution in [0.15, 0.2) is 10.5 Å². The first-order chi connectivity index (χ1) is 7.75. The van der Waals surface area contributed by atoms with Crippen molar-refractivity contribution in [3.05, 3.63) is 23.2 Å². The van der Waals surface area contributed by atoms with Crippen LogP contribution in [0.5, 0.6) is 0 Å². The molecular formula is C12H16F3NO. The molecule has 1 saturated carbocycles. The summed E-state index contributed by atoms with van der Waals surface area (Å²) in [6.45, 7) is 5.30. The van der Waals surface area contributed by atoms with Crippen LogP contribution in [0.1, 0.15) is 42.9 Å². The fraction of sp³-hybridized carbons (Fsp3) is 0.667. The molecule has 0 aliphatic heterocycles. The minimum atomic E-state index is -4.17. The lowest BCUT2D eigenvalue weighted by molar-refractivity contribution is -0.167. The molecule has 96 valence electrons. The third-order valence-electron chi connectivity index (χ3n) is 3.33. The highest BCUT2D eigenvalue weighted by Crippen LogP contribution is 2.50. The Morgan fingerprint density at radius 2 is 1.94 bits per heavy atom. The topological polar surface area (TPSA) is 25.2 Å². The smallest absolute Gasteiger partial charge is 0.406 e. The van der Waals surface area contributed by atoms with E-state index in [-0.39, 0.29) is 18.9 Å². The molecule has 5 heteroatoms. The van der Waals surface area contributed by atoms with Crippen LogP contribution in [0.2, 0.25) is 0 Å². The molecular weight excluding hydrogens is 231 g/mol. The number of rotatable bonds is 3. The van der Waals surface area contributed by atoms with Crippen molar-refractivity contribution in [1.29, 1.82) is 0 Å². The van der Waals surface area contributed by atoms with Crippen LogP contribution in [-0.2, 0) is 0 Å². The van der Waals surface area contributed by atoms with Gasteiger partial charge in [-0.25, -0.2) is 0 Å². The average Bonchev–Trinajstić information content (AvgIpc) is 2.86. The van der Waals surface area contributed by atoms with Gasteiger partial charge < -0.3 is 4.42 Å². The highest BCUT2D eigenvalue weighted by atomic mass is 19.4. The summed E-state index contributed by atoms with van der Waals surface area (Å²) in [4.78, 5) is 0. The zero-order valence-electron chi connectivity index (χ0n) is 10.1. The fourth-order valence-corrected chi connectivity index (χ4v) is 2.21. The van der Waals surface area contributed by atoms with Crippen molar-refractivity contribution in [2.75, 3.05) is 0 Å². The van der Waals surface area contributed by atoms with Crippen molar-refractivity contribution in [1.82, 2.24) is 5.32 Å². The van der Waals surface area contributed by atoms with E-state index in [0.717, 1.165) is 11.3 Å². The summed E-state index contributed by atoms with van der Waals surface area (Å²) in [5.74, 6) is 1.41. The molecule has 0 spiro atoms. The van der Waals surface area contributed by atoms with E-state index in [4.69, 9.17) is 4.42 Å². The van der Waals surface area contributed by atoms with Crippen LogP contribution < -0.4 is 5.32 Å². The highest BCUT2D eigenvalue weighted by molar-refractivity contribution is 5.25. The van der Waals surface area contributed by atoms with Crippen LogP contribution in [0.4, 0.5) is 13.2 Å². The van der Waals surface area contributed by atoms with Gasteiger partial charge in [0.1, 0.15) is 17.1 Å². The molecule has 0 aromatic carbocycles. The summed E-state index contributed by atoms with van der Waals surface area (Å²) in [7, 11) is 0. The van der Waals surface area contributed by atoms with Crippen LogP contribution in [-0.4, -0.2) is 11.7 Å². The number of nitrogens with one attached hydrogen (secondary N) is 1. The van der Waals surface area contributed by atoms with E-state index in [9.17, 15) is 13.2 Å². The van der Waals surface area contributed by atoms with Crippen molar-refractivity contribution in [2.24, 2.45) is 0 Å². The average molecular weight is 247 g/mol. The largest absolute Gasteiger partial charge is 0.466 e. The standard InChI is InChI=1S/C12H16F3NO/c1-7-6-10(9(3)17-7)8(2)16-11(4-5-11)12(13,14)15/h6,8,16H,4-5H2,1-3H3. The van der Waals surface area contributed by atoms with Gasteiger partial charge >= 0.3 is 6.18 Å². The second kappa shape index (κ2) is 3.77. The molecule has 0 bridgehead atoms. The Labute approximate surface area is 98.2 Å². The lowest BCUT2D eigenvalue weighted by atomic mass is 10.1. The predicted molar refractivity (Wildman–Crippen MR) is 57.8 cm³/mol. The minimum Gasteiger partial charge on any atom is -0.466 e. The monoisotopic (exact) mass is 247 g/mol. The zero-order chi connectivity index (χ0) is 12.8. The maximum Gasteiger partial charge on any atom is 0.406 e. The predicted octanol–water partition coefficient (Wildman–Crippen LogP) is 3.64. The number of aryl methyl sites for hydroxylation is 2. The van der Waals surface area contributed by atoms with Gasteiger partial charge in [0.05, 0.1) is 0 Å². The van der Waals surface area contributed by atoms with Gasteiger partial charge in [0.15, 0.2) is 0 Å². The van der Waals surface area contributed by atoms with E-state index < -0.39 is 11.7 Å². The van der Waals surface area contributed by atoms with Gasteiger partial charge in [0.25, 0.3) is 0 Å². The molecule has 1 atom stereocenters. The summed E-state index contributed by atoms with van der Waals surface area (Å²) in [6, 6.07) is 1.44. The number of furan rings is 1. The van der Waals surface area contributed by atoms with Gasteiger partial charge in [-0.05, 0) is 39.7 Å². The summed E-state index contributed by atoms with van der Waals surface area (Å²) < 4.78 is 43.7. The maximum atomic E-state index is 12.8. The molecule has 0 radical (unpaired) electrons. The molecule has 2 rings (SSSR count). The first-order valence-corrected chi connectivity index (χ1v) is 5.66. The third kappa shape index (κ3) is 2.20. The van der Waals surface area contributed by atoms with Crippen LogP contribution in [0, 0.1) is 13.8 Å². The molecule has 0 amide bonds. The minimum absolute atomic E-state index is 0.163. The Morgan fingerprint density at radius 3 is 2.29 bits per heavy atom. The van der Waals surface area contributed by atoms with E-state index in [2.05, 4.69) is 5.32 Å². The number of hydrogen-bond acceptors (Lipinski definition) is 2. The second-order valence-electron chi connectivity index (χ2n) is 4.81. The van der Waals surface area contributed by atoms with E-state index in [0.29, 0.717) is 5.76 Å². The Kier molecular flexibility index (Phi) is 2.77. The van der Waals surface area contributed by atoms with Crippen molar-refractivity contribution in [3.8, 4) is 0 Å². The Balaban J connectivity index is 2.13. The van der Waals surface area contributed by atoms with E-state index >= 15 is 0 Å². The van der Waals surface area contributed by atoms with Gasteiger partial charge in [0, 0.05) is 11.6 Å². The van der Waals surface area contributed by atoms with E-state index in [1.165, 1.54) is 0 Å².